The highest BCUT2D eigenvalue weighted by molar-refractivity contribution is 8.00. The molecule has 210 valence electrons. The molecule has 0 atom stereocenters. The third-order valence-electron chi connectivity index (χ3n) is 6.41. The Morgan fingerprint density at radius 1 is 0.878 bits per heavy atom. The molecule has 0 aliphatic heterocycles. The average Bonchev–Trinajstić information content (AvgIpc) is 3.43. The molecule has 0 unspecified atom stereocenters. The van der Waals surface area contributed by atoms with Gasteiger partial charge >= 0.3 is 12.1 Å². The van der Waals surface area contributed by atoms with E-state index >= 15 is 0 Å². The minimum absolute atomic E-state index is 0.00774. The van der Waals surface area contributed by atoms with Gasteiger partial charge < -0.3 is 9.52 Å². The summed E-state index contributed by atoms with van der Waals surface area (Å²) >= 11 is 2.77. The lowest BCUT2D eigenvalue weighted by molar-refractivity contribution is -0.153. The van der Waals surface area contributed by atoms with Gasteiger partial charge in [0.15, 0.2) is 0 Å². The normalized spacial score (nSPS) is 11.8. The smallest absolute Gasteiger partial charge is 0.449 e. The topological polar surface area (TPSA) is 53.7 Å². The molecule has 0 fully saturated rings. The van der Waals surface area contributed by atoms with Crippen LogP contribution in [0.1, 0.15) is 22.6 Å². The van der Waals surface area contributed by atoms with Gasteiger partial charge in [0.2, 0.25) is 5.76 Å². The van der Waals surface area contributed by atoms with Crippen molar-refractivity contribution in [3.63, 3.8) is 0 Å². The molecule has 0 aliphatic rings. The number of thioether (sulfide) groups is 1. The molecule has 1 aromatic heterocycles. The molecule has 4 nitrogen and oxygen atoms in total. The lowest BCUT2D eigenvalue weighted by Crippen LogP contribution is -2.15. The highest BCUT2D eigenvalue weighted by Gasteiger charge is 2.35. The van der Waals surface area contributed by atoms with E-state index in [0.29, 0.717) is 6.54 Å². The fourth-order valence-electron chi connectivity index (χ4n) is 4.43. The minimum Gasteiger partial charge on any atom is -0.481 e. The SMILES string of the molecule is Cc1ccc2ccccc2c1SN(Cc1ccc(-c2cccc(SCC(=O)O)c2)cc1)Cc1ccc(C(F)(F)F)o1. The quantitative estimate of drug-likeness (QED) is 0.129. The third kappa shape index (κ3) is 7.35. The van der Waals surface area contributed by atoms with Crippen LogP contribution >= 0.6 is 23.7 Å². The Hall–Kier alpha value is -3.66. The highest BCUT2D eigenvalue weighted by atomic mass is 32.2. The molecule has 4 aromatic carbocycles. The molecule has 0 spiro atoms. The summed E-state index contributed by atoms with van der Waals surface area (Å²) in [5, 5.41) is 11.1. The number of hydrogen-bond donors (Lipinski definition) is 1. The van der Waals surface area contributed by atoms with E-state index in [4.69, 9.17) is 9.52 Å². The van der Waals surface area contributed by atoms with Crippen LogP contribution < -0.4 is 0 Å². The first-order valence-electron chi connectivity index (χ1n) is 12.8. The average molecular weight is 594 g/mol. The van der Waals surface area contributed by atoms with Gasteiger partial charge in [-0.2, -0.15) is 13.2 Å². The van der Waals surface area contributed by atoms with Crippen LogP contribution in [0.25, 0.3) is 21.9 Å². The van der Waals surface area contributed by atoms with Crippen molar-refractivity contribution in [2.24, 2.45) is 0 Å². The number of aliphatic carboxylic acids is 1. The largest absolute Gasteiger partial charge is 0.481 e. The molecule has 5 rings (SSSR count). The summed E-state index contributed by atoms with van der Waals surface area (Å²) in [6.45, 7) is 2.66. The van der Waals surface area contributed by atoms with E-state index in [1.54, 1.807) is 0 Å². The van der Waals surface area contributed by atoms with Crippen LogP contribution in [-0.2, 0) is 24.1 Å². The summed E-state index contributed by atoms with van der Waals surface area (Å²) in [5.74, 6) is -1.65. The molecule has 0 aliphatic carbocycles. The number of nitrogens with zero attached hydrogens (tertiary/aromatic N) is 1. The fraction of sp³-hybridized carbons (Fsp3) is 0.156. The summed E-state index contributed by atoms with van der Waals surface area (Å²) in [6, 6.07) is 30.2. The van der Waals surface area contributed by atoms with Crippen molar-refractivity contribution < 1.29 is 27.5 Å². The lowest BCUT2D eigenvalue weighted by atomic mass is 10.0. The molecule has 0 amide bonds. The second-order valence-electron chi connectivity index (χ2n) is 9.49. The molecule has 41 heavy (non-hydrogen) atoms. The van der Waals surface area contributed by atoms with Crippen LogP contribution in [0.2, 0.25) is 0 Å². The molecule has 1 heterocycles. The van der Waals surface area contributed by atoms with Crippen molar-refractivity contribution in [3.05, 3.63) is 120 Å². The lowest BCUT2D eigenvalue weighted by Gasteiger charge is -2.22. The number of carboxylic acid groups (broad SMARTS) is 1. The van der Waals surface area contributed by atoms with E-state index in [9.17, 15) is 18.0 Å². The number of rotatable bonds is 10. The van der Waals surface area contributed by atoms with Crippen LogP contribution in [0.5, 0.6) is 0 Å². The number of fused-ring (bicyclic) bond motifs is 1. The standard InChI is InChI=1S/C32H26F3NO3S2/c1-21-9-12-24-5-2-3-8-28(24)31(21)41-36(19-26-15-16-29(39-26)32(33,34)35)18-22-10-13-23(14-11-22)25-6-4-7-27(17-25)40-20-30(37)38/h2-17H,18-20H2,1H3,(H,37,38). The maximum absolute atomic E-state index is 13.2. The van der Waals surface area contributed by atoms with Gasteiger partial charge in [-0.15, -0.1) is 11.8 Å². The van der Waals surface area contributed by atoms with E-state index in [-0.39, 0.29) is 18.1 Å². The van der Waals surface area contributed by atoms with Crippen LogP contribution in [0.4, 0.5) is 13.2 Å². The van der Waals surface area contributed by atoms with Gasteiger partial charge in [0.05, 0.1) is 12.3 Å². The monoisotopic (exact) mass is 593 g/mol. The van der Waals surface area contributed by atoms with Gasteiger partial charge in [-0.3, -0.25) is 4.79 Å². The Morgan fingerprint density at radius 3 is 2.39 bits per heavy atom. The van der Waals surface area contributed by atoms with E-state index in [1.165, 1.54) is 29.8 Å². The summed E-state index contributed by atoms with van der Waals surface area (Å²) in [7, 11) is 0. The fourth-order valence-corrected chi connectivity index (χ4v) is 6.26. The maximum Gasteiger partial charge on any atom is 0.449 e. The number of hydrogen-bond acceptors (Lipinski definition) is 5. The van der Waals surface area contributed by atoms with Crippen LogP contribution in [-0.4, -0.2) is 21.1 Å². The molecule has 0 bridgehead atoms. The van der Waals surface area contributed by atoms with Crippen molar-refractivity contribution in [1.29, 1.82) is 0 Å². The molecular weight excluding hydrogens is 567 g/mol. The van der Waals surface area contributed by atoms with Gasteiger partial charge in [0.1, 0.15) is 5.76 Å². The summed E-state index contributed by atoms with van der Waals surface area (Å²) in [5.41, 5.74) is 4.01. The van der Waals surface area contributed by atoms with Crippen molar-refractivity contribution in [3.8, 4) is 11.1 Å². The van der Waals surface area contributed by atoms with Crippen LogP contribution in [0.3, 0.4) is 0 Å². The first kappa shape index (κ1) is 28.9. The zero-order valence-corrected chi connectivity index (χ0v) is 23.7. The third-order valence-corrected chi connectivity index (χ3v) is 8.63. The van der Waals surface area contributed by atoms with Crippen LogP contribution in [0, 0.1) is 6.92 Å². The Bertz CT molecular complexity index is 1670. The number of benzene rings is 4. The van der Waals surface area contributed by atoms with Gasteiger partial charge in [-0.05, 0) is 76.2 Å². The maximum atomic E-state index is 13.2. The summed E-state index contributed by atoms with van der Waals surface area (Å²) < 4.78 is 46.8. The second kappa shape index (κ2) is 12.5. The number of furan rings is 1. The zero-order valence-electron chi connectivity index (χ0n) is 22.0. The van der Waals surface area contributed by atoms with Gasteiger partial charge in [0, 0.05) is 16.3 Å². The van der Waals surface area contributed by atoms with E-state index in [2.05, 4.69) is 18.2 Å². The predicted molar refractivity (Wildman–Crippen MR) is 158 cm³/mol. The molecule has 5 aromatic rings. The number of halogens is 3. The van der Waals surface area contributed by atoms with Crippen molar-refractivity contribution in [1.82, 2.24) is 4.31 Å². The Morgan fingerprint density at radius 2 is 1.66 bits per heavy atom. The van der Waals surface area contributed by atoms with Gasteiger partial charge in [-0.1, -0.05) is 72.8 Å². The van der Waals surface area contributed by atoms with Gasteiger partial charge in [-0.25, -0.2) is 4.31 Å². The number of carbonyl (C=O) groups is 1. The molecule has 0 saturated carbocycles. The van der Waals surface area contributed by atoms with Crippen molar-refractivity contribution in [2.45, 2.75) is 36.0 Å². The van der Waals surface area contributed by atoms with E-state index in [0.717, 1.165) is 48.9 Å². The second-order valence-corrected chi connectivity index (χ2v) is 11.6. The first-order chi connectivity index (χ1) is 19.7. The van der Waals surface area contributed by atoms with Crippen molar-refractivity contribution in [2.75, 3.05) is 5.75 Å². The van der Waals surface area contributed by atoms with E-state index < -0.39 is 17.9 Å². The molecule has 0 saturated heterocycles. The number of aryl methyl sites for hydroxylation is 1. The highest BCUT2D eigenvalue weighted by Crippen LogP contribution is 2.37. The molecule has 1 N–H and O–H groups in total. The summed E-state index contributed by atoms with van der Waals surface area (Å²) in [4.78, 5) is 12.8. The molecule has 0 radical (unpaired) electrons. The predicted octanol–water partition coefficient (Wildman–Crippen LogP) is 9.31. The number of alkyl halides is 3. The molecular formula is C32H26F3NO3S2. The van der Waals surface area contributed by atoms with Crippen LogP contribution in [0.15, 0.2) is 111 Å². The first-order valence-corrected chi connectivity index (χ1v) is 14.5. The van der Waals surface area contributed by atoms with Crippen molar-refractivity contribution >= 4 is 40.5 Å². The Kier molecular flexibility index (Phi) is 8.77. The number of carboxylic acids is 1. The summed E-state index contributed by atoms with van der Waals surface area (Å²) in [6.07, 6.45) is -4.54. The zero-order chi connectivity index (χ0) is 29.0. The molecule has 9 heteroatoms. The minimum atomic E-state index is -4.54. The Balaban J connectivity index is 1.40. The van der Waals surface area contributed by atoms with Gasteiger partial charge in [0.25, 0.3) is 0 Å². The van der Waals surface area contributed by atoms with E-state index in [1.807, 2.05) is 78.0 Å². The Labute approximate surface area is 244 Å².